The Morgan fingerprint density at radius 3 is 2.80 bits per heavy atom. The molecule has 0 saturated heterocycles. The van der Waals surface area contributed by atoms with Gasteiger partial charge in [0.25, 0.3) is 0 Å². The normalized spacial score (nSPS) is 12.3. The van der Waals surface area contributed by atoms with Crippen LogP contribution in [0.3, 0.4) is 0 Å². The summed E-state index contributed by atoms with van der Waals surface area (Å²) in [5, 5.41) is 7.35. The third kappa shape index (κ3) is 3.05. The number of aromatic nitrogens is 1. The Kier molecular flexibility index (Phi) is 4.20. The van der Waals surface area contributed by atoms with Crippen LogP contribution in [0.4, 0.5) is 0 Å². The Hall–Kier alpha value is -2.14. The van der Waals surface area contributed by atoms with E-state index < -0.39 is 5.91 Å². The Morgan fingerprint density at radius 2 is 2.20 bits per heavy atom. The van der Waals surface area contributed by atoms with Crippen LogP contribution in [0.5, 0.6) is 0 Å². The first kappa shape index (κ1) is 14.3. The second kappa shape index (κ2) is 5.88. The predicted molar refractivity (Wildman–Crippen MR) is 76.2 cm³/mol. The van der Waals surface area contributed by atoms with Gasteiger partial charge in [0.05, 0.1) is 5.69 Å². The van der Waals surface area contributed by atoms with E-state index in [-0.39, 0.29) is 6.04 Å². The second-order valence-electron chi connectivity index (χ2n) is 4.91. The topological polar surface area (TPSA) is 81.2 Å². The number of carbonyl (C=O) groups excluding carboxylic acids is 1. The number of nitrogens with zero attached hydrogens (tertiary/aromatic N) is 1. The van der Waals surface area contributed by atoms with Crippen molar-refractivity contribution in [2.75, 3.05) is 0 Å². The molecule has 2 rings (SSSR count). The molecule has 5 heteroatoms. The first-order valence-corrected chi connectivity index (χ1v) is 6.54. The monoisotopic (exact) mass is 273 g/mol. The van der Waals surface area contributed by atoms with Gasteiger partial charge in [-0.15, -0.1) is 0 Å². The molecule has 0 aliphatic rings. The van der Waals surface area contributed by atoms with Crippen molar-refractivity contribution in [1.82, 2.24) is 10.5 Å². The Labute approximate surface area is 118 Å². The van der Waals surface area contributed by atoms with Crippen molar-refractivity contribution in [2.45, 2.75) is 33.4 Å². The molecule has 1 heterocycles. The summed E-state index contributed by atoms with van der Waals surface area (Å²) < 4.78 is 5.17. The van der Waals surface area contributed by atoms with E-state index >= 15 is 0 Å². The van der Waals surface area contributed by atoms with Gasteiger partial charge in [0.1, 0.15) is 5.76 Å². The number of hydrogen-bond acceptors (Lipinski definition) is 4. The van der Waals surface area contributed by atoms with Crippen LogP contribution in [0.15, 0.2) is 28.8 Å². The summed E-state index contributed by atoms with van der Waals surface area (Å²) in [6.45, 7) is 6.54. The number of rotatable bonds is 5. The lowest BCUT2D eigenvalue weighted by atomic mass is 10.1. The van der Waals surface area contributed by atoms with Crippen molar-refractivity contribution in [2.24, 2.45) is 5.73 Å². The molecule has 0 spiro atoms. The second-order valence-corrected chi connectivity index (χ2v) is 4.91. The SMILES string of the molecule is Cc1noc(C)c1C(C)NCc1cccc(C(N)=O)c1. The minimum Gasteiger partial charge on any atom is -0.366 e. The van der Waals surface area contributed by atoms with Crippen LogP contribution in [0.1, 0.15) is 45.9 Å². The van der Waals surface area contributed by atoms with E-state index in [1.54, 1.807) is 12.1 Å². The van der Waals surface area contributed by atoms with Crippen molar-refractivity contribution >= 4 is 5.91 Å². The lowest BCUT2D eigenvalue weighted by Gasteiger charge is -2.14. The summed E-state index contributed by atoms with van der Waals surface area (Å²) in [4.78, 5) is 11.1. The molecule has 3 N–H and O–H groups in total. The zero-order valence-corrected chi connectivity index (χ0v) is 11.9. The van der Waals surface area contributed by atoms with Gasteiger partial charge in [-0.1, -0.05) is 17.3 Å². The summed E-state index contributed by atoms with van der Waals surface area (Å²) in [6.07, 6.45) is 0. The smallest absolute Gasteiger partial charge is 0.248 e. The number of nitrogens with one attached hydrogen (secondary N) is 1. The third-order valence-electron chi connectivity index (χ3n) is 3.35. The summed E-state index contributed by atoms with van der Waals surface area (Å²) in [7, 11) is 0. The molecule has 0 bridgehead atoms. The molecule has 1 aromatic carbocycles. The first-order chi connectivity index (χ1) is 9.49. The summed E-state index contributed by atoms with van der Waals surface area (Å²) in [6, 6.07) is 7.43. The number of carbonyl (C=O) groups is 1. The van der Waals surface area contributed by atoms with Gasteiger partial charge in [-0.05, 0) is 38.5 Å². The maximum atomic E-state index is 11.1. The number of nitrogens with two attached hydrogens (primary N) is 1. The van der Waals surface area contributed by atoms with Gasteiger partial charge in [0.2, 0.25) is 5.91 Å². The van der Waals surface area contributed by atoms with Crippen LogP contribution in [0.25, 0.3) is 0 Å². The lowest BCUT2D eigenvalue weighted by Crippen LogP contribution is -2.19. The molecule has 20 heavy (non-hydrogen) atoms. The zero-order valence-electron chi connectivity index (χ0n) is 11.9. The van der Waals surface area contributed by atoms with E-state index in [4.69, 9.17) is 10.3 Å². The third-order valence-corrected chi connectivity index (χ3v) is 3.35. The van der Waals surface area contributed by atoms with E-state index in [9.17, 15) is 4.79 Å². The number of aryl methyl sites for hydroxylation is 2. The Bertz CT molecular complexity index is 600. The number of benzene rings is 1. The quantitative estimate of drug-likeness (QED) is 0.875. The fourth-order valence-electron chi connectivity index (χ4n) is 2.32. The van der Waals surface area contributed by atoms with E-state index in [0.717, 1.165) is 22.6 Å². The van der Waals surface area contributed by atoms with Crippen LogP contribution in [-0.2, 0) is 6.54 Å². The highest BCUT2D eigenvalue weighted by molar-refractivity contribution is 5.92. The van der Waals surface area contributed by atoms with Gasteiger partial charge in [-0.3, -0.25) is 4.79 Å². The Balaban J connectivity index is 2.05. The van der Waals surface area contributed by atoms with Crippen molar-refractivity contribution < 1.29 is 9.32 Å². The highest BCUT2D eigenvalue weighted by Crippen LogP contribution is 2.21. The average molecular weight is 273 g/mol. The molecule has 0 aliphatic carbocycles. The summed E-state index contributed by atoms with van der Waals surface area (Å²) >= 11 is 0. The Morgan fingerprint density at radius 1 is 1.45 bits per heavy atom. The zero-order chi connectivity index (χ0) is 14.7. The summed E-state index contributed by atoms with van der Waals surface area (Å²) in [5.74, 6) is 0.416. The summed E-state index contributed by atoms with van der Waals surface area (Å²) in [5.41, 5.74) is 8.79. The molecular formula is C15H19N3O2. The van der Waals surface area contributed by atoms with Crippen molar-refractivity contribution in [1.29, 1.82) is 0 Å². The maximum Gasteiger partial charge on any atom is 0.248 e. The average Bonchev–Trinajstić information content (AvgIpc) is 2.76. The lowest BCUT2D eigenvalue weighted by molar-refractivity contribution is 0.1000. The fourth-order valence-corrected chi connectivity index (χ4v) is 2.32. The maximum absolute atomic E-state index is 11.1. The predicted octanol–water partition coefficient (Wildman–Crippen LogP) is 2.24. The van der Waals surface area contributed by atoms with Gasteiger partial charge in [-0.25, -0.2) is 0 Å². The van der Waals surface area contributed by atoms with E-state index in [1.807, 2.05) is 26.0 Å². The van der Waals surface area contributed by atoms with Gasteiger partial charge in [0.15, 0.2) is 0 Å². The molecule has 1 unspecified atom stereocenters. The highest BCUT2D eigenvalue weighted by atomic mass is 16.5. The van der Waals surface area contributed by atoms with E-state index in [2.05, 4.69) is 17.4 Å². The fraction of sp³-hybridized carbons (Fsp3) is 0.333. The van der Waals surface area contributed by atoms with E-state index in [1.165, 1.54) is 0 Å². The molecule has 106 valence electrons. The van der Waals surface area contributed by atoms with Crippen molar-refractivity contribution in [3.05, 3.63) is 52.4 Å². The number of amides is 1. The van der Waals surface area contributed by atoms with E-state index in [0.29, 0.717) is 12.1 Å². The molecular weight excluding hydrogens is 254 g/mol. The molecule has 5 nitrogen and oxygen atoms in total. The van der Waals surface area contributed by atoms with Gasteiger partial charge >= 0.3 is 0 Å². The minimum absolute atomic E-state index is 0.124. The van der Waals surface area contributed by atoms with Gasteiger partial charge in [-0.2, -0.15) is 0 Å². The van der Waals surface area contributed by atoms with Crippen LogP contribution in [0, 0.1) is 13.8 Å². The standard InChI is InChI=1S/C15H19N3O2/c1-9(14-10(2)18-20-11(14)3)17-8-12-5-4-6-13(7-12)15(16)19/h4-7,9,17H,8H2,1-3H3,(H2,16,19). The molecule has 1 amide bonds. The van der Waals surface area contributed by atoms with Crippen LogP contribution < -0.4 is 11.1 Å². The van der Waals surface area contributed by atoms with Crippen LogP contribution >= 0.6 is 0 Å². The molecule has 2 aromatic rings. The molecule has 1 atom stereocenters. The first-order valence-electron chi connectivity index (χ1n) is 6.54. The van der Waals surface area contributed by atoms with Crippen LogP contribution in [-0.4, -0.2) is 11.1 Å². The van der Waals surface area contributed by atoms with Crippen molar-refractivity contribution in [3.63, 3.8) is 0 Å². The largest absolute Gasteiger partial charge is 0.366 e. The number of hydrogen-bond donors (Lipinski definition) is 2. The molecule has 0 radical (unpaired) electrons. The molecule has 0 aliphatic heterocycles. The number of primary amides is 1. The molecule has 0 saturated carbocycles. The molecule has 1 aromatic heterocycles. The highest BCUT2D eigenvalue weighted by Gasteiger charge is 2.15. The minimum atomic E-state index is -0.411. The van der Waals surface area contributed by atoms with Crippen LogP contribution in [0.2, 0.25) is 0 Å². The van der Waals surface area contributed by atoms with Gasteiger partial charge < -0.3 is 15.6 Å². The molecule has 0 fully saturated rings. The van der Waals surface area contributed by atoms with Crippen molar-refractivity contribution in [3.8, 4) is 0 Å². The van der Waals surface area contributed by atoms with Gasteiger partial charge in [0, 0.05) is 23.7 Å².